The van der Waals surface area contributed by atoms with Crippen LogP contribution in [0.15, 0.2) is 10.7 Å². The quantitative estimate of drug-likeness (QED) is 0.837. The number of nitrogens with zero attached hydrogens (tertiary/aromatic N) is 3. The number of rotatable bonds is 2. The maximum Gasteiger partial charge on any atom is 0.232 e. The van der Waals surface area contributed by atoms with Crippen molar-refractivity contribution in [2.24, 2.45) is 0 Å². The van der Waals surface area contributed by atoms with E-state index in [1.807, 2.05) is 4.90 Å². The highest BCUT2D eigenvalue weighted by Crippen LogP contribution is 2.25. The minimum absolute atomic E-state index is 0.507. The Labute approximate surface area is 102 Å². The number of alkyl halides is 1. The van der Waals surface area contributed by atoms with Gasteiger partial charge in [0.05, 0.1) is 17.8 Å². The predicted octanol–water partition coefficient (Wildman–Crippen LogP) is 2.19. The molecule has 0 aliphatic carbocycles. The molecule has 1 aliphatic heterocycles. The maximum atomic E-state index is 13.0. The number of ether oxygens (including phenoxy) is 1. The van der Waals surface area contributed by atoms with E-state index in [2.05, 4.69) is 25.9 Å². The number of aromatic nitrogens is 2. The fourth-order valence-electron chi connectivity index (χ4n) is 1.69. The van der Waals surface area contributed by atoms with Gasteiger partial charge in [-0.1, -0.05) is 0 Å². The molecule has 88 valence electrons. The van der Waals surface area contributed by atoms with Crippen LogP contribution in [-0.2, 0) is 0 Å². The summed E-state index contributed by atoms with van der Waals surface area (Å²) in [5.41, 5.74) is 0. The second kappa shape index (κ2) is 4.95. The van der Waals surface area contributed by atoms with Gasteiger partial charge >= 0.3 is 0 Å². The molecule has 4 nitrogen and oxygen atoms in total. The molecule has 0 amide bonds. The van der Waals surface area contributed by atoms with Crippen molar-refractivity contribution in [3.8, 4) is 5.88 Å². The average Bonchev–Trinajstić information content (AvgIpc) is 2.31. The van der Waals surface area contributed by atoms with E-state index in [4.69, 9.17) is 4.74 Å². The number of halogens is 2. The summed E-state index contributed by atoms with van der Waals surface area (Å²) in [5, 5.41) is 0. The summed E-state index contributed by atoms with van der Waals surface area (Å²) in [6, 6.07) is 0. The molecule has 0 N–H and O–H groups in total. The van der Waals surface area contributed by atoms with E-state index in [9.17, 15) is 4.39 Å². The molecule has 1 saturated heterocycles. The first kappa shape index (κ1) is 11.6. The van der Waals surface area contributed by atoms with Crippen LogP contribution >= 0.6 is 15.9 Å². The fraction of sp³-hybridized carbons (Fsp3) is 0.600. The zero-order valence-electron chi connectivity index (χ0n) is 8.99. The second-order valence-corrected chi connectivity index (χ2v) is 4.54. The van der Waals surface area contributed by atoms with E-state index in [1.54, 1.807) is 13.3 Å². The van der Waals surface area contributed by atoms with Crippen LogP contribution in [0.25, 0.3) is 0 Å². The van der Waals surface area contributed by atoms with Gasteiger partial charge in [0.25, 0.3) is 0 Å². The Bertz CT molecular complexity index is 369. The summed E-state index contributed by atoms with van der Waals surface area (Å²) in [5.74, 6) is 1.11. The summed E-state index contributed by atoms with van der Waals surface area (Å²) in [7, 11) is 1.56. The minimum Gasteiger partial charge on any atom is -0.480 e. The number of hydrogen-bond acceptors (Lipinski definition) is 4. The molecule has 1 aliphatic rings. The Morgan fingerprint density at radius 1 is 1.50 bits per heavy atom. The van der Waals surface area contributed by atoms with Gasteiger partial charge in [-0.25, -0.2) is 9.37 Å². The van der Waals surface area contributed by atoms with Gasteiger partial charge in [-0.2, -0.15) is 4.98 Å². The predicted molar refractivity (Wildman–Crippen MR) is 62.6 cm³/mol. The molecule has 0 aromatic carbocycles. The summed E-state index contributed by atoms with van der Waals surface area (Å²) >= 11 is 3.30. The number of methoxy groups -OCH3 is 1. The Morgan fingerprint density at radius 2 is 2.19 bits per heavy atom. The number of piperidine rings is 1. The molecule has 0 saturated carbocycles. The number of anilines is 1. The molecule has 1 fully saturated rings. The van der Waals surface area contributed by atoms with Gasteiger partial charge in [0.1, 0.15) is 6.17 Å². The first-order chi connectivity index (χ1) is 7.70. The Balaban J connectivity index is 2.14. The topological polar surface area (TPSA) is 38.2 Å². The van der Waals surface area contributed by atoms with Crippen molar-refractivity contribution in [3.63, 3.8) is 0 Å². The molecular weight excluding hydrogens is 277 g/mol. The monoisotopic (exact) mass is 289 g/mol. The molecule has 1 aromatic rings. The highest BCUT2D eigenvalue weighted by molar-refractivity contribution is 9.10. The standard InChI is InChI=1S/C10H13BrFN3O/c1-16-9-8(11)6-13-10(14-9)15-4-2-7(12)3-5-15/h6-7H,2-5H2,1H3. The Morgan fingerprint density at radius 3 is 2.81 bits per heavy atom. The summed E-state index contributed by atoms with van der Waals surface area (Å²) in [6.45, 7) is 1.32. The van der Waals surface area contributed by atoms with Crippen LogP contribution in [0.3, 0.4) is 0 Å². The summed E-state index contributed by atoms with van der Waals surface area (Å²) in [4.78, 5) is 10.4. The van der Waals surface area contributed by atoms with Gasteiger partial charge in [-0.05, 0) is 28.8 Å². The molecular formula is C10H13BrFN3O. The SMILES string of the molecule is COc1nc(N2CCC(F)CC2)ncc1Br. The van der Waals surface area contributed by atoms with Crippen LogP contribution in [-0.4, -0.2) is 36.3 Å². The molecule has 0 bridgehead atoms. The third kappa shape index (κ3) is 2.42. The molecule has 0 unspecified atom stereocenters. The number of hydrogen-bond donors (Lipinski definition) is 0. The van der Waals surface area contributed by atoms with Crippen molar-refractivity contribution in [1.29, 1.82) is 0 Å². The Hall–Kier alpha value is -0.910. The van der Waals surface area contributed by atoms with Crippen molar-refractivity contribution in [2.75, 3.05) is 25.1 Å². The van der Waals surface area contributed by atoms with Crippen LogP contribution in [0.1, 0.15) is 12.8 Å². The van der Waals surface area contributed by atoms with E-state index < -0.39 is 6.17 Å². The molecule has 6 heteroatoms. The molecule has 0 atom stereocenters. The van der Waals surface area contributed by atoms with E-state index >= 15 is 0 Å². The van der Waals surface area contributed by atoms with Crippen molar-refractivity contribution < 1.29 is 9.13 Å². The Kier molecular flexibility index (Phi) is 3.58. The van der Waals surface area contributed by atoms with Gasteiger partial charge in [0.15, 0.2) is 0 Å². The largest absolute Gasteiger partial charge is 0.480 e. The maximum absolute atomic E-state index is 13.0. The lowest BCUT2D eigenvalue weighted by atomic mass is 10.1. The minimum atomic E-state index is -0.686. The van der Waals surface area contributed by atoms with Gasteiger partial charge in [-0.3, -0.25) is 0 Å². The highest BCUT2D eigenvalue weighted by atomic mass is 79.9. The van der Waals surface area contributed by atoms with E-state index in [1.165, 1.54) is 0 Å². The lowest BCUT2D eigenvalue weighted by molar-refractivity contribution is 0.276. The first-order valence-electron chi connectivity index (χ1n) is 5.16. The molecule has 16 heavy (non-hydrogen) atoms. The molecule has 2 rings (SSSR count). The van der Waals surface area contributed by atoms with Gasteiger partial charge in [0.2, 0.25) is 11.8 Å². The summed E-state index contributed by atoms with van der Waals surface area (Å²) in [6.07, 6.45) is 2.06. The lowest BCUT2D eigenvalue weighted by Gasteiger charge is -2.28. The zero-order valence-corrected chi connectivity index (χ0v) is 10.6. The van der Waals surface area contributed by atoms with Crippen LogP contribution in [0, 0.1) is 0 Å². The van der Waals surface area contributed by atoms with E-state index in [0.717, 1.165) is 4.47 Å². The average molecular weight is 290 g/mol. The van der Waals surface area contributed by atoms with Crippen LogP contribution in [0.4, 0.5) is 10.3 Å². The van der Waals surface area contributed by atoms with Crippen molar-refractivity contribution in [1.82, 2.24) is 9.97 Å². The normalized spacial score (nSPS) is 17.6. The molecule has 0 spiro atoms. The van der Waals surface area contributed by atoms with Gasteiger partial charge in [0, 0.05) is 13.1 Å². The van der Waals surface area contributed by atoms with Crippen molar-refractivity contribution in [3.05, 3.63) is 10.7 Å². The first-order valence-corrected chi connectivity index (χ1v) is 5.95. The van der Waals surface area contributed by atoms with Crippen molar-refractivity contribution in [2.45, 2.75) is 19.0 Å². The highest BCUT2D eigenvalue weighted by Gasteiger charge is 2.21. The molecule has 1 aromatic heterocycles. The second-order valence-electron chi connectivity index (χ2n) is 3.69. The fourth-order valence-corrected chi connectivity index (χ4v) is 2.04. The van der Waals surface area contributed by atoms with Crippen LogP contribution < -0.4 is 9.64 Å². The summed E-state index contributed by atoms with van der Waals surface area (Å²) < 4.78 is 18.8. The van der Waals surface area contributed by atoms with Crippen LogP contribution in [0.2, 0.25) is 0 Å². The smallest absolute Gasteiger partial charge is 0.232 e. The van der Waals surface area contributed by atoms with Gasteiger partial charge in [-0.15, -0.1) is 0 Å². The van der Waals surface area contributed by atoms with E-state index in [0.29, 0.717) is 37.8 Å². The van der Waals surface area contributed by atoms with E-state index in [-0.39, 0.29) is 0 Å². The molecule has 2 heterocycles. The molecule has 0 radical (unpaired) electrons. The lowest BCUT2D eigenvalue weighted by Crippen LogP contribution is -2.35. The van der Waals surface area contributed by atoms with Crippen LogP contribution in [0.5, 0.6) is 5.88 Å². The third-order valence-electron chi connectivity index (χ3n) is 2.60. The zero-order chi connectivity index (χ0) is 11.5. The van der Waals surface area contributed by atoms with Crippen molar-refractivity contribution >= 4 is 21.9 Å². The van der Waals surface area contributed by atoms with Gasteiger partial charge < -0.3 is 9.64 Å². The third-order valence-corrected chi connectivity index (χ3v) is 3.14.